The van der Waals surface area contributed by atoms with Crippen molar-refractivity contribution in [2.75, 3.05) is 19.8 Å². The third kappa shape index (κ3) is 3.56. The van der Waals surface area contributed by atoms with Crippen LogP contribution in [-0.4, -0.2) is 30.0 Å². The number of ether oxygens (including phenoxy) is 1. The van der Waals surface area contributed by atoms with Crippen molar-refractivity contribution >= 4 is 0 Å². The molecule has 102 valence electrons. The standard InChI is InChI=1S/C14H25N3O/c1-14(2,3)13-12(9-16-17-13)8-15-7-11-5-4-6-18-10-11/h9,11,15H,4-8,10H2,1-3H3,(H,16,17)/t11-/m1/s1. The summed E-state index contributed by atoms with van der Waals surface area (Å²) in [4.78, 5) is 0. The fourth-order valence-corrected chi connectivity index (χ4v) is 2.47. The molecule has 1 aromatic rings. The highest BCUT2D eigenvalue weighted by Gasteiger charge is 2.20. The molecule has 0 bridgehead atoms. The number of aromatic nitrogens is 2. The molecule has 1 fully saturated rings. The first kappa shape index (κ1) is 13.6. The molecule has 1 aliphatic heterocycles. The van der Waals surface area contributed by atoms with Gasteiger partial charge in [-0.2, -0.15) is 5.10 Å². The van der Waals surface area contributed by atoms with Crippen LogP contribution in [0, 0.1) is 5.92 Å². The van der Waals surface area contributed by atoms with E-state index in [2.05, 4.69) is 36.3 Å². The van der Waals surface area contributed by atoms with Gasteiger partial charge in [0.15, 0.2) is 0 Å². The first-order valence-electron chi connectivity index (χ1n) is 6.88. The third-order valence-electron chi connectivity index (χ3n) is 3.47. The van der Waals surface area contributed by atoms with Crippen LogP contribution < -0.4 is 5.32 Å². The lowest BCUT2D eigenvalue weighted by molar-refractivity contribution is 0.0547. The van der Waals surface area contributed by atoms with Gasteiger partial charge in [0.25, 0.3) is 0 Å². The van der Waals surface area contributed by atoms with Gasteiger partial charge in [-0.25, -0.2) is 0 Å². The Morgan fingerprint density at radius 1 is 1.50 bits per heavy atom. The van der Waals surface area contributed by atoms with E-state index in [0.717, 1.165) is 26.3 Å². The van der Waals surface area contributed by atoms with Gasteiger partial charge in [-0.3, -0.25) is 5.10 Å². The normalized spacial score (nSPS) is 21.2. The zero-order valence-electron chi connectivity index (χ0n) is 11.8. The maximum absolute atomic E-state index is 5.49. The number of hydrogen-bond donors (Lipinski definition) is 2. The van der Waals surface area contributed by atoms with E-state index in [9.17, 15) is 0 Å². The van der Waals surface area contributed by atoms with Crippen LogP contribution in [-0.2, 0) is 16.7 Å². The van der Waals surface area contributed by atoms with Crippen LogP contribution in [0.5, 0.6) is 0 Å². The number of nitrogens with zero attached hydrogens (tertiary/aromatic N) is 1. The topological polar surface area (TPSA) is 49.9 Å². The van der Waals surface area contributed by atoms with Gasteiger partial charge in [0.2, 0.25) is 0 Å². The van der Waals surface area contributed by atoms with Gasteiger partial charge in [0, 0.05) is 36.4 Å². The number of hydrogen-bond acceptors (Lipinski definition) is 3. The van der Waals surface area contributed by atoms with Gasteiger partial charge in [-0.15, -0.1) is 0 Å². The Hall–Kier alpha value is -0.870. The summed E-state index contributed by atoms with van der Waals surface area (Å²) in [5.41, 5.74) is 2.63. The summed E-state index contributed by atoms with van der Waals surface area (Å²) >= 11 is 0. The van der Waals surface area contributed by atoms with E-state index in [1.807, 2.05) is 6.20 Å². The van der Waals surface area contributed by atoms with Gasteiger partial charge >= 0.3 is 0 Å². The highest BCUT2D eigenvalue weighted by atomic mass is 16.5. The van der Waals surface area contributed by atoms with Gasteiger partial charge in [0.05, 0.1) is 12.8 Å². The van der Waals surface area contributed by atoms with E-state index < -0.39 is 0 Å². The first-order chi connectivity index (χ1) is 8.57. The molecule has 0 saturated carbocycles. The molecule has 0 unspecified atom stereocenters. The first-order valence-corrected chi connectivity index (χ1v) is 6.88. The molecule has 1 aliphatic rings. The molecule has 18 heavy (non-hydrogen) atoms. The lowest BCUT2D eigenvalue weighted by Gasteiger charge is -2.23. The number of nitrogens with one attached hydrogen (secondary N) is 2. The van der Waals surface area contributed by atoms with Gasteiger partial charge in [-0.05, 0) is 18.8 Å². The maximum atomic E-state index is 5.49. The SMILES string of the molecule is CC(C)(C)c1[nH]ncc1CNC[C@H]1CCCOC1. The molecule has 1 atom stereocenters. The van der Waals surface area contributed by atoms with E-state index in [1.54, 1.807) is 0 Å². The van der Waals surface area contributed by atoms with E-state index in [4.69, 9.17) is 4.74 Å². The molecule has 0 spiro atoms. The van der Waals surface area contributed by atoms with Crippen molar-refractivity contribution in [2.24, 2.45) is 5.92 Å². The zero-order valence-corrected chi connectivity index (χ0v) is 11.8. The zero-order chi connectivity index (χ0) is 13.0. The molecule has 2 rings (SSSR count). The summed E-state index contributed by atoms with van der Waals surface area (Å²) in [6, 6.07) is 0. The van der Waals surface area contributed by atoms with Crippen molar-refractivity contribution in [3.8, 4) is 0 Å². The summed E-state index contributed by atoms with van der Waals surface area (Å²) in [5, 5.41) is 10.8. The Labute approximate surface area is 110 Å². The molecule has 0 aliphatic carbocycles. The van der Waals surface area contributed by atoms with Crippen molar-refractivity contribution in [3.63, 3.8) is 0 Å². The summed E-state index contributed by atoms with van der Waals surface area (Å²) in [7, 11) is 0. The lowest BCUT2D eigenvalue weighted by Crippen LogP contribution is -2.29. The van der Waals surface area contributed by atoms with E-state index in [-0.39, 0.29) is 5.41 Å². The van der Waals surface area contributed by atoms with Crippen LogP contribution in [0.4, 0.5) is 0 Å². The summed E-state index contributed by atoms with van der Waals surface area (Å²) in [6.07, 6.45) is 4.42. The van der Waals surface area contributed by atoms with Crippen LogP contribution >= 0.6 is 0 Å². The van der Waals surface area contributed by atoms with Gasteiger partial charge in [0.1, 0.15) is 0 Å². The van der Waals surface area contributed by atoms with Crippen molar-refractivity contribution in [1.29, 1.82) is 0 Å². The second kappa shape index (κ2) is 5.85. The smallest absolute Gasteiger partial charge is 0.0535 e. The van der Waals surface area contributed by atoms with Crippen LogP contribution in [0.15, 0.2) is 6.20 Å². The molecule has 0 radical (unpaired) electrons. The van der Waals surface area contributed by atoms with Crippen molar-refractivity contribution in [1.82, 2.24) is 15.5 Å². The Morgan fingerprint density at radius 3 is 3.00 bits per heavy atom. The fraction of sp³-hybridized carbons (Fsp3) is 0.786. The molecule has 4 nitrogen and oxygen atoms in total. The number of aromatic amines is 1. The third-order valence-corrected chi connectivity index (χ3v) is 3.47. The quantitative estimate of drug-likeness (QED) is 0.862. The molecule has 4 heteroatoms. The highest BCUT2D eigenvalue weighted by Crippen LogP contribution is 2.23. The van der Waals surface area contributed by atoms with E-state index in [1.165, 1.54) is 24.1 Å². The van der Waals surface area contributed by atoms with Crippen LogP contribution in [0.2, 0.25) is 0 Å². The predicted octanol–water partition coefficient (Wildman–Crippen LogP) is 2.22. The monoisotopic (exact) mass is 251 g/mol. The fourth-order valence-electron chi connectivity index (χ4n) is 2.47. The van der Waals surface area contributed by atoms with Gasteiger partial charge in [-0.1, -0.05) is 20.8 Å². The van der Waals surface area contributed by atoms with Crippen LogP contribution in [0.3, 0.4) is 0 Å². The average Bonchev–Trinajstić information content (AvgIpc) is 2.78. The van der Waals surface area contributed by atoms with Gasteiger partial charge < -0.3 is 10.1 Å². The Kier molecular flexibility index (Phi) is 4.40. The lowest BCUT2D eigenvalue weighted by atomic mass is 9.89. The van der Waals surface area contributed by atoms with Crippen molar-refractivity contribution in [2.45, 2.75) is 45.6 Å². The van der Waals surface area contributed by atoms with Crippen molar-refractivity contribution in [3.05, 3.63) is 17.5 Å². The minimum atomic E-state index is 0.126. The molecule has 0 aromatic carbocycles. The Balaban J connectivity index is 1.81. The summed E-state index contributed by atoms with van der Waals surface area (Å²) in [5.74, 6) is 0.670. The molecule has 2 heterocycles. The van der Waals surface area contributed by atoms with Crippen LogP contribution in [0.1, 0.15) is 44.9 Å². The van der Waals surface area contributed by atoms with Crippen molar-refractivity contribution < 1.29 is 4.74 Å². The largest absolute Gasteiger partial charge is 0.381 e. The predicted molar refractivity (Wildman–Crippen MR) is 72.5 cm³/mol. The minimum Gasteiger partial charge on any atom is -0.381 e. The molecule has 1 aromatic heterocycles. The molecular formula is C14H25N3O. The minimum absolute atomic E-state index is 0.126. The highest BCUT2D eigenvalue weighted by molar-refractivity contribution is 5.23. The van der Waals surface area contributed by atoms with E-state index in [0.29, 0.717) is 5.92 Å². The molecular weight excluding hydrogens is 226 g/mol. The number of H-pyrrole nitrogens is 1. The maximum Gasteiger partial charge on any atom is 0.0535 e. The Bertz CT molecular complexity index is 361. The second-order valence-corrected chi connectivity index (χ2v) is 6.23. The molecule has 2 N–H and O–H groups in total. The summed E-state index contributed by atoms with van der Waals surface area (Å²) in [6.45, 7) is 10.4. The molecule has 0 amide bonds. The molecule has 1 saturated heterocycles. The summed E-state index contributed by atoms with van der Waals surface area (Å²) < 4.78 is 5.49. The second-order valence-electron chi connectivity index (χ2n) is 6.23. The Morgan fingerprint density at radius 2 is 2.33 bits per heavy atom. The average molecular weight is 251 g/mol. The van der Waals surface area contributed by atoms with Crippen LogP contribution in [0.25, 0.3) is 0 Å². The number of rotatable bonds is 4. The van der Waals surface area contributed by atoms with E-state index >= 15 is 0 Å².